The highest BCUT2D eigenvalue weighted by Gasteiger charge is 2.32. The van der Waals surface area contributed by atoms with Crippen LogP contribution in [0.3, 0.4) is 0 Å². The van der Waals surface area contributed by atoms with E-state index in [1.807, 2.05) is 13.2 Å². The van der Waals surface area contributed by atoms with E-state index in [1.165, 1.54) is 0 Å². The van der Waals surface area contributed by atoms with Crippen LogP contribution >= 0.6 is 11.8 Å². The Hall–Kier alpha value is -0.680. The van der Waals surface area contributed by atoms with E-state index in [0.717, 1.165) is 0 Å². The minimum atomic E-state index is -4.16. The van der Waals surface area contributed by atoms with Gasteiger partial charge in [-0.15, -0.1) is 0 Å². The second-order valence-corrected chi connectivity index (χ2v) is 5.51. The summed E-state index contributed by atoms with van der Waals surface area (Å²) >= 11 is 1.64. The quantitative estimate of drug-likeness (QED) is 0.843. The second kappa shape index (κ2) is 7.04. The Bertz CT molecular complexity index is 340. The van der Waals surface area contributed by atoms with Gasteiger partial charge in [0.05, 0.1) is 6.42 Å². The molecule has 5 heteroatoms. The van der Waals surface area contributed by atoms with E-state index in [-0.39, 0.29) is 0 Å². The number of rotatable bonds is 6. The zero-order chi connectivity index (χ0) is 13.6. The van der Waals surface area contributed by atoms with Gasteiger partial charge in [0.1, 0.15) is 0 Å². The molecule has 0 radical (unpaired) electrons. The summed E-state index contributed by atoms with van der Waals surface area (Å²) in [7, 11) is 0. The van der Waals surface area contributed by atoms with Crippen LogP contribution in [0.5, 0.6) is 0 Å². The predicted octanol–water partition coefficient (Wildman–Crippen LogP) is 4.02. The number of alkyl halides is 3. The third kappa shape index (κ3) is 5.78. The molecule has 2 atom stereocenters. The van der Waals surface area contributed by atoms with Crippen LogP contribution in [-0.2, 0) is 0 Å². The summed E-state index contributed by atoms with van der Waals surface area (Å²) < 4.78 is 37.7. The maximum absolute atomic E-state index is 12.6. The summed E-state index contributed by atoms with van der Waals surface area (Å²) in [6.45, 7) is 2.56. The Morgan fingerprint density at radius 3 is 2.33 bits per heavy atom. The first kappa shape index (κ1) is 15.4. The molecule has 0 saturated carbocycles. The third-order valence-corrected chi connectivity index (χ3v) is 3.66. The van der Waals surface area contributed by atoms with Gasteiger partial charge >= 0.3 is 6.18 Å². The summed E-state index contributed by atoms with van der Waals surface area (Å²) in [6, 6.07) is 8.12. The van der Waals surface area contributed by atoms with Crippen molar-refractivity contribution in [3.05, 3.63) is 35.9 Å². The topological polar surface area (TPSA) is 12.0 Å². The lowest BCUT2D eigenvalue weighted by Gasteiger charge is -2.22. The van der Waals surface area contributed by atoms with Crippen molar-refractivity contribution >= 4 is 11.8 Å². The molecule has 2 unspecified atom stereocenters. The molecule has 0 aliphatic carbocycles. The third-order valence-electron chi connectivity index (χ3n) is 2.69. The fourth-order valence-electron chi connectivity index (χ4n) is 1.62. The van der Waals surface area contributed by atoms with E-state index in [0.29, 0.717) is 17.4 Å². The molecule has 0 aliphatic heterocycles. The van der Waals surface area contributed by atoms with Gasteiger partial charge in [-0.1, -0.05) is 37.3 Å². The lowest BCUT2D eigenvalue weighted by molar-refractivity contribution is -0.140. The summed E-state index contributed by atoms with van der Waals surface area (Å²) in [5.41, 5.74) is 0.683. The molecule has 1 aromatic rings. The van der Waals surface area contributed by atoms with Crippen molar-refractivity contribution in [2.24, 2.45) is 0 Å². The van der Waals surface area contributed by atoms with E-state index in [1.54, 1.807) is 42.1 Å². The summed E-state index contributed by atoms with van der Waals surface area (Å²) in [4.78, 5) is 0. The van der Waals surface area contributed by atoms with Crippen molar-refractivity contribution < 1.29 is 13.2 Å². The first-order valence-corrected chi connectivity index (χ1v) is 7.09. The van der Waals surface area contributed by atoms with Gasteiger partial charge in [0, 0.05) is 17.8 Å². The molecular weight excluding hydrogens is 259 g/mol. The highest BCUT2D eigenvalue weighted by atomic mass is 32.2. The van der Waals surface area contributed by atoms with E-state index in [2.05, 4.69) is 5.32 Å². The molecule has 0 aliphatic rings. The van der Waals surface area contributed by atoms with Crippen molar-refractivity contribution in [1.82, 2.24) is 5.32 Å². The SMILES string of the molecule is CSC(C)CNC(CC(F)(F)F)c1ccccc1. The highest BCUT2D eigenvalue weighted by molar-refractivity contribution is 7.99. The smallest absolute Gasteiger partial charge is 0.309 e. The normalized spacial score (nSPS) is 15.4. The number of hydrogen-bond donors (Lipinski definition) is 1. The van der Waals surface area contributed by atoms with Crippen LogP contribution in [0.2, 0.25) is 0 Å². The molecule has 0 bridgehead atoms. The fourth-order valence-corrected chi connectivity index (χ4v) is 1.88. The van der Waals surface area contributed by atoms with Crippen LogP contribution in [0, 0.1) is 0 Å². The van der Waals surface area contributed by atoms with Gasteiger partial charge in [0.25, 0.3) is 0 Å². The summed E-state index contributed by atoms with van der Waals surface area (Å²) in [6.07, 6.45) is -3.04. The van der Waals surface area contributed by atoms with Gasteiger partial charge < -0.3 is 5.32 Å². The molecule has 0 heterocycles. The van der Waals surface area contributed by atoms with Crippen molar-refractivity contribution in [3.8, 4) is 0 Å². The lowest BCUT2D eigenvalue weighted by Crippen LogP contribution is -2.31. The zero-order valence-electron chi connectivity index (χ0n) is 10.5. The lowest BCUT2D eigenvalue weighted by atomic mass is 10.0. The second-order valence-electron chi connectivity index (χ2n) is 4.24. The summed E-state index contributed by atoms with van der Waals surface area (Å²) in [5.74, 6) is 0. The molecule has 102 valence electrons. The van der Waals surface area contributed by atoms with Gasteiger partial charge in [-0.05, 0) is 11.8 Å². The van der Waals surface area contributed by atoms with E-state index < -0.39 is 18.6 Å². The van der Waals surface area contributed by atoms with Gasteiger partial charge in [0.2, 0.25) is 0 Å². The number of hydrogen-bond acceptors (Lipinski definition) is 2. The molecular formula is C13H18F3NS. The van der Waals surface area contributed by atoms with Gasteiger partial charge in [-0.25, -0.2) is 0 Å². The van der Waals surface area contributed by atoms with Gasteiger partial charge in [-0.3, -0.25) is 0 Å². The largest absolute Gasteiger partial charge is 0.390 e. The Balaban J connectivity index is 2.70. The molecule has 1 aromatic carbocycles. The van der Waals surface area contributed by atoms with E-state index in [4.69, 9.17) is 0 Å². The van der Waals surface area contributed by atoms with Crippen molar-refractivity contribution in [2.45, 2.75) is 30.8 Å². The fraction of sp³-hybridized carbons (Fsp3) is 0.538. The molecule has 1 rings (SSSR count). The maximum atomic E-state index is 12.6. The molecule has 0 spiro atoms. The van der Waals surface area contributed by atoms with Crippen LogP contribution in [-0.4, -0.2) is 24.2 Å². The van der Waals surface area contributed by atoms with E-state index in [9.17, 15) is 13.2 Å². The molecule has 1 nitrogen and oxygen atoms in total. The minimum absolute atomic E-state index is 0.296. The molecule has 0 fully saturated rings. The number of halogens is 3. The molecule has 0 amide bonds. The molecule has 0 saturated heterocycles. The van der Waals surface area contributed by atoms with Crippen molar-refractivity contribution in [3.63, 3.8) is 0 Å². The minimum Gasteiger partial charge on any atom is -0.309 e. The Morgan fingerprint density at radius 2 is 1.83 bits per heavy atom. The molecule has 0 aromatic heterocycles. The average Bonchev–Trinajstić information content (AvgIpc) is 2.33. The van der Waals surface area contributed by atoms with Crippen LogP contribution in [0.25, 0.3) is 0 Å². The monoisotopic (exact) mass is 277 g/mol. The van der Waals surface area contributed by atoms with Crippen molar-refractivity contribution in [1.29, 1.82) is 0 Å². The van der Waals surface area contributed by atoms with Crippen LogP contribution in [0.15, 0.2) is 30.3 Å². The molecule has 18 heavy (non-hydrogen) atoms. The Kier molecular flexibility index (Phi) is 6.02. The first-order chi connectivity index (χ1) is 8.42. The van der Waals surface area contributed by atoms with Crippen LogP contribution in [0.1, 0.15) is 24.9 Å². The van der Waals surface area contributed by atoms with Gasteiger partial charge in [0.15, 0.2) is 0 Å². The zero-order valence-corrected chi connectivity index (χ0v) is 11.3. The number of benzene rings is 1. The Morgan fingerprint density at radius 1 is 1.22 bits per heavy atom. The maximum Gasteiger partial charge on any atom is 0.390 e. The molecule has 1 N–H and O–H groups in total. The summed E-state index contributed by atoms with van der Waals surface area (Å²) in [5, 5.41) is 3.30. The standard InChI is InChI=1S/C13H18F3NS/c1-10(18-2)9-17-12(8-13(14,15)16)11-6-4-3-5-7-11/h3-7,10,12,17H,8-9H2,1-2H3. The number of thioether (sulfide) groups is 1. The Labute approximate surface area is 110 Å². The van der Waals surface area contributed by atoms with Gasteiger partial charge in [-0.2, -0.15) is 24.9 Å². The van der Waals surface area contributed by atoms with E-state index >= 15 is 0 Å². The average molecular weight is 277 g/mol. The highest BCUT2D eigenvalue weighted by Crippen LogP contribution is 2.29. The van der Waals surface area contributed by atoms with Crippen molar-refractivity contribution in [2.75, 3.05) is 12.8 Å². The van der Waals surface area contributed by atoms with Crippen LogP contribution in [0.4, 0.5) is 13.2 Å². The first-order valence-electron chi connectivity index (χ1n) is 5.80. The number of nitrogens with one attached hydrogen (secondary N) is 1. The van der Waals surface area contributed by atoms with Crippen LogP contribution < -0.4 is 5.32 Å². The predicted molar refractivity (Wildman–Crippen MR) is 70.8 cm³/mol.